The summed E-state index contributed by atoms with van der Waals surface area (Å²) in [5, 5.41) is 23.1. The van der Waals surface area contributed by atoms with Gasteiger partial charge in [0.25, 0.3) is 0 Å². The third-order valence-electron chi connectivity index (χ3n) is 8.30. The topological polar surface area (TPSA) is 96.3 Å². The largest absolute Gasteiger partial charge is 0.507 e. The highest BCUT2D eigenvalue weighted by Gasteiger charge is 2.55. The minimum absolute atomic E-state index is 0.0665. The normalized spacial score (nSPS) is 28.7. The van der Waals surface area contributed by atoms with Gasteiger partial charge in [0.05, 0.1) is 24.9 Å². The van der Waals surface area contributed by atoms with Crippen molar-refractivity contribution in [1.82, 2.24) is 25.5 Å². The van der Waals surface area contributed by atoms with E-state index in [9.17, 15) is 9.50 Å². The second-order valence-corrected chi connectivity index (χ2v) is 11.4. The summed E-state index contributed by atoms with van der Waals surface area (Å²) < 4.78 is 35.0. The van der Waals surface area contributed by atoms with E-state index >= 15 is 4.39 Å². The maximum Gasteiger partial charge on any atom is 0.250 e. The first-order valence-electron chi connectivity index (χ1n) is 13.1. The lowest BCUT2D eigenvalue weighted by Crippen LogP contribution is -2.73. The number of hydrogen-bond donors (Lipinski definition) is 2. The van der Waals surface area contributed by atoms with Gasteiger partial charge in [0, 0.05) is 28.9 Å². The summed E-state index contributed by atoms with van der Waals surface area (Å²) >= 11 is 0. The Hall–Kier alpha value is -3.40. The number of hydrogen-bond acceptors (Lipinski definition) is 8. The Kier molecular flexibility index (Phi) is 5.97. The fraction of sp³-hybridized carbons (Fsp3) is 0.500. The van der Waals surface area contributed by atoms with Crippen LogP contribution in [0.4, 0.5) is 14.6 Å². The van der Waals surface area contributed by atoms with Gasteiger partial charge in [0.1, 0.15) is 11.9 Å². The van der Waals surface area contributed by atoms with Crippen molar-refractivity contribution in [2.45, 2.75) is 81.7 Å². The molecular weight excluding hydrogens is 490 g/mol. The number of alkyl halides is 1. The monoisotopic (exact) mass is 522 g/mol. The average molecular weight is 523 g/mol. The van der Waals surface area contributed by atoms with E-state index < -0.39 is 17.5 Å². The lowest BCUT2D eigenvalue weighted by atomic mass is 9.68. The number of piperidine rings is 2. The van der Waals surface area contributed by atoms with Crippen LogP contribution >= 0.6 is 0 Å². The number of nitrogens with zero attached hydrogens (tertiary/aromatic N) is 5. The van der Waals surface area contributed by atoms with E-state index in [1.807, 2.05) is 6.92 Å². The number of nitrogens with one attached hydrogen (secondary N) is 1. The summed E-state index contributed by atoms with van der Waals surface area (Å²) in [4.78, 5) is 10.6. The van der Waals surface area contributed by atoms with Gasteiger partial charge in [-0.25, -0.2) is 18.7 Å². The molecule has 8 nitrogen and oxygen atoms in total. The van der Waals surface area contributed by atoms with Crippen LogP contribution in [-0.4, -0.2) is 61.7 Å². The fourth-order valence-corrected chi connectivity index (χ4v) is 6.37. The van der Waals surface area contributed by atoms with Gasteiger partial charge in [0.15, 0.2) is 17.5 Å². The highest BCUT2D eigenvalue weighted by molar-refractivity contribution is 5.72. The van der Waals surface area contributed by atoms with Gasteiger partial charge in [-0.15, -0.1) is 10.2 Å². The van der Waals surface area contributed by atoms with E-state index in [1.165, 1.54) is 25.4 Å². The molecule has 2 aromatic heterocycles. The highest BCUT2D eigenvalue weighted by Crippen LogP contribution is 2.46. The van der Waals surface area contributed by atoms with Gasteiger partial charge in [-0.3, -0.25) is 0 Å². The van der Waals surface area contributed by atoms with Crippen LogP contribution in [0.15, 0.2) is 36.7 Å². The molecule has 1 saturated carbocycles. The van der Waals surface area contributed by atoms with Crippen molar-refractivity contribution in [3.63, 3.8) is 0 Å². The van der Waals surface area contributed by atoms with Crippen LogP contribution in [0.3, 0.4) is 0 Å². The molecule has 0 spiro atoms. The maximum atomic E-state index is 16.0. The smallest absolute Gasteiger partial charge is 0.250 e. The molecule has 38 heavy (non-hydrogen) atoms. The Morgan fingerprint density at radius 1 is 1.08 bits per heavy atom. The number of fused-ring (bicyclic) bond motifs is 2. The second-order valence-electron chi connectivity index (χ2n) is 11.4. The molecule has 2 saturated heterocycles. The maximum absolute atomic E-state index is 16.0. The van der Waals surface area contributed by atoms with Crippen molar-refractivity contribution >= 4 is 5.82 Å². The molecule has 200 valence electrons. The molecule has 6 rings (SSSR count). The van der Waals surface area contributed by atoms with Gasteiger partial charge in [0.2, 0.25) is 5.88 Å². The molecule has 1 aliphatic carbocycles. The Morgan fingerprint density at radius 3 is 2.55 bits per heavy atom. The first-order valence-corrected chi connectivity index (χ1v) is 13.1. The van der Waals surface area contributed by atoms with Crippen LogP contribution < -0.4 is 15.0 Å². The van der Waals surface area contributed by atoms with Crippen LogP contribution in [-0.2, 0) is 0 Å². The third-order valence-corrected chi connectivity index (χ3v) is 8.30. The zero-order valence-corrected chi connectivity index (χ0v) is 21.8. The molecule has 3 aliphatic rings. The van der Waals surface area contributed by atoms with Crippen LogP contribution in [0.2, 0.25) is 0 Å². The summed E-state index contributed by atoms with van der Waals surface area (Å²) in [6.45, 7) is 4.20. The second kappa shape index (κ2) is 9.11. The number of phenols is 1. The fourth-order valence-electron chi connectivity index (χ4n) is 6.37. The predicted molar refractivity (Wildman–Crippen MR) is 139 cm³/mol. The number of ether oxygens (including phenoxy) is 1. The summed E-state index contributed by atoms with van der Waals surface area (Å²) in [5.74, 6) is 0.0674. The molecule has 4 atom stereocenters. The molecule has 1 aromatic carbocycles. The molecule has 3 fully saturated rings. The molecule has 0 radical (unpaired) electrons. The molecular formula is C28H32F2N6O2. The standard InChI is InChI=1S/C28H32F2N6O2/c1-27-9-4-10-28(2,35-27)24(30)21(13-27)36(18-6-7-18)23-15-31-25(34-33-23)19-8-5-16(12-22(19)37)17-11-20(29)26(38-3)32-14-17/h5,8,11-12,14-15,18,21,24,35,37H,4,6-7,9-10,13H2,1-3H3/t21-,24-,27-,28+/m1/s1. The molecule has 10 heteroatoms. The number of pyridine rings is 1. The highest BCUT2D eigenvalue weighted by atomic mass is 19.1. The SMILES string of the molecule is COc1ncc(-c2ccc(-c3ncc(N(C4CC4)[C@@H]4C[C@@]5(C)CCC[C@](C)(N5)[C@@H]4F)nn3)c(O)c2)cc1F. The van der Waals surface area contributed by atoms with E-state index in [2.05, 4.69) is 37.3 Å². The summed E-state index contributed by atoms with van der Waals surface area (Å²) in [5.41, 5.74) is 0.809. The third kappa shape index (κ3) is 4.34. The first-order chi connectivity index (χ1) is 18.2. The number of aromatic nitrogens is 4. The van der Waals surface area contributed by atoms with Crippen molar-refractivity contribution in [3.05, 3.63) is 42.5 Å². The lowest BCUT2D eigenvalue weighted by molar-refractivity contribution is 0.000258. The van der Waals surface area contributed by atoms with Crippen molar-refractivity contribution in [1.29, 1.82) is 0 Å². The number of anilines is 1. The van der Waals surface area contributed by atoms with Gasteiger partial charge < -0.3 is 20.1 Å². The number of methoxy groups -OCH3 is 1. The Labute approximate surface area is 220 Å². The van der Waals surface area contributed by atoms with Crippen LogP contribution in [0.1, 0.15) is 52.4 Å². The lowest BCUT2D eigenvalue weighted by Gasteiger charge is -2.57. The number of rotatable bonds is 6. The van der Waals surface area contributed by atoms with Crippen molar-refractivity contribution in [2.24, 2.45) is 0 Å². The Balaban J connectivity index is 1.27. The van der Waals surface area contributed by atoms with E-state index in [0.717, 1.165) is 32.1 Å². The quantitative estimate of drug-likeness (QED) is 0.476. The number of benzene rings is 1. The first kappa shape index (κ1) is 24.9. The molecule has 4 heterocycles. The van der Waals surface area contributed by atoms with Gasteiger partial charge in [-0.2, -0.15) is 0 Å². The number of aromatic hydroxyl groups is 1. The van der Waals surface area contributed by atoms with Crippen LogP contribution in [0, 0.1) is 5.82 Å². The van der Waals surface area contributed by atoms with Crippen LogP contribution in [0.25, 0.3) is 22.5 Å². The van der Waals surface area contributed by atoms with E-state index in [0.29, 0.717) is 28.9 Å². The minimum atomic E-state index is -1.04. The number of halogens is 2. The average Bonchev–Trinajstić information content (AvgIpc) is 3.73. The van der Waals surface area contributed by atoms with E-state index in [4.69, 9.17) is 4.74 Å². The summed E-state index contributed by atoms with van der Waals surface area (Å²) in [6, 6.07) is 6.14. The minimum Gasteiger partial charge on any atom is -0.507 e. The van der Waals surface area contributed by atoms with Gasteiger partial charge in [-0.1, -0.05) is 6.07 Å². The molecule has 2 N–H and O–H groups in total. The van der Waals surface area contributed by atoms with Gasteiger partial charge >= 0.3 is 0 Å². The van der Waals surface area contributed by atoms with Crippen molar-refractivity contribution < 1.29 is 18.6 Å². The van der Waals surface area contributed by atoms with E-state index in [-0.39, 0.29) is 35.1 Å². The predicted octanol–water partition coefficient (Wildman–Crippen LogP) is 4.82. The molecule has 0 unspecified atom stereocenters. The van der Waals surface area contributed by atoms with Crippen molar-refractivity contribution in [3.8, 4) is 34.1 Å². The van der Waals surface area contributed by atoms with E-state index in [1.54, 1.807) is 18.3 Å². The zero-order chi connectivity index (χ0) is 26.7. The molecule has 2 aliphatic heterocycles. The summed E-state index contributed by atoms with van der Waals surface area (Å²) in [7, 11) is 1.35. The molecule has 2 bridgehead atoms. The Bertz CT molecular complexity index is 1350. The zero-order valence-electron chi connectivity index (χ0n) is 21.8. The van der Waals surface area contributed by atoms with Crippen molar-refractivity contribution in [2.75, 3.05) is 12.0 Å². The number of phenolic OH excluding ortho intramolecular Hbond substituents is 1. The Morgan fingerprint density at radius 2 is 1.89 bits per heavy atom. The van der Waals surface area contributed by atoms with Crippen LogP contribution in [0.5, 0.6) is 11.6 Å². The van der Waals surface area contributed by atoms with Gasteiger partial charge in [-0.05, 0) is 76.1 Å². The molecule has 3 aromatic rings. The molecule has 0 amide bonds. The summed E-state index contributed by atoms with van der Waals surface area (Å²) in [6.07, 6.45) is 7.64.